The van der Waals surface area contributed by atoms with Crippen molar-refractivity contribution in [2.75, 3.05) is 32.1 Å². The molecule has 5 rings (SSSR count). The fourth-order valence-electron chi connectivity index (χ4n) is 4.10. The lowest BCUT2D eigenvalue weighted by Crippen LogP contribution is -2.36. The molecule has 1 fully saturated rings. The topological polar surface area (TPSA) is 100 Å². The van der Waals surface area contributed by atoms with Crippen molar-refractivity contribution < 1.29 is 0 Å². The maximum atomic E-state index is 13.4. The van der Waals surface area contributed by atoms with Crippen molar-refractivity contribution in [2.24, 2.45) is 0 Å². The lowest BCUT2D eigenvalue weighted by atomic mass is 10.2. The highest BCUT2D eigenvalue weighted by molar-refractivity contribution is 6.33. The molecule has 4 aromatic rings. The normalized spacial score (nSPS) is 17.1. The van der Waals surface area contributed by atoms with Crippen LogP contribution >= 0.6 is 11.6 Å². The van der Waals surface area contributed by atoms with Gasteiger partial charge in [-0.3, -0.25) is 9.36 Å². The summed E-state index contributed by atoms with van der Waals surface area (Å²) >= 11 is 6.28. The third kappa shape index (κ3) is 3.03. The van der Waals surface area contributed by atoms with E-state index in [0.717, 1.165) is 30.7 Å². The Morgan fingerprint density at radius 1 is 1.30 bits per heavy atom. The van der Waals surface area contributed by atoms with Gasteiger partial charge in [0.05, 0.1) is 17.4 Å². The van der Waals surface area contributed by atoms with Gasteiger partial charge in [-0.1, -0.05) is 11.6 Å². The lowest BCUT2D eigenvalue weighted by molar-refractivity contribution is 0.370. The number of nitrogens with zero attached hydrogens (tertiary/aromatic N) is 8. The Hall–Kier alpha value is -2.98. The summed E-state index contributed by atoms with van der Waals surface area (Å²) in [7, 11) is 3.97. The van der Waals surface area contributed by atoms with Crippen LogP contribution in [0.3, 0.4) is 0 Å². The van der Waals surface area contributed by atoms with E-state index in [0.29, 0.717) is 35.1 Å². The number of imidazole rings is 1. The van der Waals surface area contributed by atoms with Gasteiger partial charge in [0.25, 0.3) is 5.56 Å². The molecule has 0 aromatic carbocycles. The number of halogens is 1. The fourth-order valence-corrected chi connectivity index (χ4v) is 4.32. The molecule has 10 nitrogen and oxygen atoms in total. The van der Waals surface area contributed by atoms with Gasteiger partial charge >= 0.3 is 0 Å². The first-order valence-corrected chi connectivity index (χ1v) is 10.3. The zero-order valence-electron chi connectivity index (χ0n) is 16.8. The first kappa shape index (κ1) is 19.0. The van der Waals surface area contributed by atoms with Gasteiger partial charge in [-0.15, -0.1) is 0 Å². The Morgan fingerprint density at radius 3 is 3.00 bits per heavy atom. The van der Waals surface area contributed by atoms with Crippen molar-refractivity contribution in [3.05, 3.63) is 46.1 Å². The van der Waals surface area contributed by atoms with Crippen LogP contribution in [0.25, 0.3) is 16.7 Å². The van der Waals surface area contributed by atoms with Gasteiger partial charge in [0.1, 0.15) is 17.4 Å². The molecule has 5 heterocycles. The zero-order valence-corrected chi connectivity index (χ0v) is 17.5. The summed E-state index contributed by atoms with van der Waals surface area (Å²) in [4.78, 5) is 33.7. The molecule has 1 aliphatic heterocycles. The minimum atomic E-state index is -0.127. The maximum absolute atomic E-state index is 13.4. The van der Waals surface area contributed by atoms with Gasteiger partial charge in [0.15, 0.2) is 17.3 Å². The average molecular weight is 428 g/mol. The molecule has 0 radical (unpaired) electrons. The van der Waals surface area contributed by atoms with Crippen LogP contribution < -0.4 is 10.5 Å². The smallest absolute Gasteiger partial charge is 0.279 e. The largest absolute Gasteiger partial charge is 0.344 e. The zero-order chi connectivity index (χ0) is 20.8. The number of fused-ring (bicyclic) bond motifs is 2. The third-order valence-corrected chi connectivity index (χ3v) is 5.85. The molecule has 0 saturated carbocycles. The van der Waals surface area contributed by atoms with Gasteiger partial charge in [0.2, 0.25) is 0 Å². The quantitative estimate of drug-likeness (QED) is 0.517. The summed E-state index contributed by atoms with van der Waals surface area (Å²) in [5, 5.41) is 5.24. The molecule has 1 atom stereocenters. The van der Waals surface area contributed by atoms with E-state index in [4.69, 9.17) is 16.7 Å². The average Bonchev–Trinajstić information content (AvgIpc) is 3.46. The van der Waals surface area contributed by atoms with Crippen molar-refractivity contribution in [2.45, 2.75) is 25.4 Å². The van der Waals surface area contributed by atoms with Crippen LogP contribution in [-0.4, -0.2) is 66.2 Å². The molecule has 11 heteroatoms. The van der Waals surface area contributed by atoms with Crippen LogP contribution in [0, 0.1) is 0 Å². The van der Waals surface area contributed by atoms with E-state index in [1.165, 1.54) is 6.33 Å². The molecule has 156 valence electrons. The van der Waals surface area contributed by atoms with Crippen molar-refractivity contribution in [1.82, 2.24) is 39.0 Å². The number of aromatic amines is 1. The number of hydrogen-bond donors (Lipinski definition) is 1. The molecule has 1 aliphatic rings. The molecule has 30 heavy (non-hydrogen) atoms. The van der Waals surface area contributed by atoms with Gasteiger partial charge in [0, 0.05) is 25.8 Å². The Bertz CT molecular complexity index is 1270. The predicted octanol–water partition coefficient (Wildman–Crippen LogP) is 1.72. The summed E-state index contributed by atoms with van der Waals surface area (Å²) in [5.74, 6) is 1.49. The van der Waals surface area contributed by atoms with E-state index in [1.807, 2.05) is 19.0 Å². The fraction of sp³-hybridized carbons (Fsp3) is 0.421. The van der Waals surface area contributed by atoms with Gasteiger partial charge in [-0.05, 0) is 33.0 Å². The SMILES string of the molecule is CN(C)CCn1c([C@@H]2CCCN2c2ncnc3nc[nH]c23)nn2ccc(Cl)c2c1=O. The van der Waals surface area contributed by atoms with Crippen molar-refractivity contribution in [3.8, 4) is 0 Å². The first-order chi connectivity index (χ1) is 14.5. The third-order valence-electron chi connectivity index (χ3n) is 5.55. The Morgan fingerprint density at radius 2 is 2.17 bits per heavy atom. The summed E-state index contributed by atoms with van der Waals surface area (Å²) in [6.07, 6.45) is 6.71. The number of rotatable bonds is 5. The summed E-state index contributed by atoms with van der Waals surface area (Å²) in [5.41, 5.74) is 1.69. The summed E-state index contributed by atoms with van der Waals surface area (Å²) in [6.45, 7) is 2.05. The van der Waals surface area contributed by atoms with Crippen LogP contribution in [-0.2, 0) is 6.54 Å². The van der Waals surface area contributed by atoms with Crippen LogP contribution in [0.5, 0.6) is 0 Å². The van der Waals surface area contributed by atoms with E-state index in [9.17, 15) is 4.79 Å². The molecule has 0 spiro atoms. The minimum Gasteiger partial charge on any atom is -0.344 e. The first-order valence-electron chi connectivity index (χ1n) is 9.87. The van der Waals surface area contributed by atoms with E-state index < -0.39 is 0 Å². The van der Waals surface area contributed by atoms with Gasteiger partial charge in [-0.2, -0.15) is 5.10 Å². The molecular formula is C19H22ClN9O. The highest BCUT2D eigenvalue weighted by Gasteiger charge is 2.33. The highest BCUT2D eigenvalue weighted by atomic mass is 35.5. The van der Waals surface area contributed by atoms with Crippen molar-refractivity contribution in [1.29, 1.82) is 0 Å². The molecule has 0 aliphatic carbocycles. The van der Waals surface area contributed by atoms with Gasteiger partial charge in [-0.25, -0.2) is 19.5 Å². The van der Waals surface area contributed by atoms with Crippen LogP contribution in [0.4, 0.5) is 5.82 Å². The predicted molar refractivity (Wildman–Crippen MR) is 114 cm³/mol. The van der Waals surface area contributed by atoms with Crippen LogP contribution in [0.15, 0.2) is 29.7 Å². The van der Waals surface area contributed by atoms with E-state index >= 15 is 0 Å². The molecule has 1 saturated heterocycles. The second-order valence-electron chi connectivity index (χ2n) is 7.72. The number of aromatic nitrogens is 7. The second kappa shape index (κ2) is 7.37. The number of likely N-dealkylation sites (N-methyl/N-ethyl adjacent to an activating group) is 1. The van der Waals surface area contributed by atoms with Crippen molar-refractivity contribution >= 4 is 34.1 Å². The maximum Gasteiger partial charge on any atom is 0.279 e. The number of nitrogens with one attached hydrogen (secondary N) is 1. The molecule has 0 bridgehead atoms. The molecule has 1 N–H and O–H groups in total. The highest BCUT2D eigenvalue weighted by Crippen LogP contribution is 2.36. The number of hydrogen-bond acceptors (Lipinski definition) is 7. The van der Waals surface area contributed by atoms with Gasteiger partial charge < -0.3 is 14.8 Å². The lowest BCUT2D eigenvalue weighted by Gasteiger charge is -2.27. The molecule has 0 amide bonds. The van der Waals surface area contributed by atoms with Crippen LogP contribution in [0.2, 0.25) is 5.02 Å². The molecular weight excluding hydrogens is 406 g/mol. The molecule has 4 aromatic heterocycles. The molecule has 0 unspecified atom stereocenters. The van der Waals surface area contributed by atoms with Crippen molar-refractivity contribution in [3.63, 3.8) is 0 Å². The Labute approximate surface area is 177 Å². The number of H-pyrrole nitrogens is 1. The summed E-state index contributed by atoms with van der Waals surface area (Å²) < 4.78 is 3.35. The standard InChI is InChI=1S/C19H22ClN9O/c1-26(2)8-9-28-17(25-29-7-5-12(20)15(29)19(28)30)13-4-3-6-27(13)18-14-16(22-10-21-14)23-11-24-18/h5,7,10-11,13H,3-4,6,8-9H2,1-2H3,(H,21,22,23,24)/t13-/m0/s1. The van der Waals surface area contributed by atoms with E-state index in [2.05, 4.69) is 24.8 Å². The van der Waals surface area contributed by atoms with E-state index in [-0.39, 0.29) is 11.6 Å². The number of anilines is 1. The Balaban J connectivity index is 1.66. The second-order valence-corrected chi connectivity index (χ2v) is 8.13. The van der Waals surface area contributed by atoms with E-state index in [1.54, 1.807) is 27.7 Å². The minimum absolute atomic E-state index is 0.0909. The van der Waals surface area contributed by atoms with Crippen LogP contribution in [0.1, 0.15) is 24.7 Å². The Kier molecular flexibility index (Phi) is 4.67. The summed E-state index contributed by atoms with van der Waals surface area (Å²) in [6, 6.07) is 1.61. The monoisotopic (exact) mass is 427 g/mol.